The van der Waals surface area contributed by atoms with Crippen LogP contribution in [0.3, 0.4) is 0 Å². The van der Waals surface area contributed by atoms with Crippen molar-refractivity contribution in [2.45, 2.75) is 12.8 Å². The second-order valence-electron chi connectivity index (χ2n) is 9.03. The predicted octanol–water partition coefficient (Wildman–Crippen LogP) is 5.84. The number of nitrogen functional groups attached to an aromatic ring is 1. The van der Waals surface area contributed by atoms with Crippen molar-refractivity contribution in [1.82, 2.24) is 10.2 Å². The number of nitrogens with one attached hydrogen (secondary N) is 2. The van der Waals surface area contributed by atoms with Gasteiger partial charge in [0.25, 0.3) is 22.7 Å². The van der Waals surface area contributed by atoms with Crippen molar-refractivity contribution in [3.8, 4) is 0 Å². The molecule has 4 N–H and O–H groups in total. The summed E-state index contributed by atoms with van der Waals surface area (Å²) in [5.74, 6) is -1.07. The van der Waals surface area contributed by atoms with E-state index in [0.29, 0.717) is 46.6 Å². The molecule has 3 amide bonds. The molecule has 11 nitrogen and oxygen atoms in total. The third-order valence-corrected chi connectivity index (χ3v) is 7.10. The van der Waals surface area contributed by atoms with Crippen LogP contribution < -0.4 is 16.4 Å². The number of thioether (sulfide) groups is 1. The average molecular weight is 578 g/mol. The molecule has 210 valence electrons. The topological polar surface area (TPSA) is 154 Å². The zero-order valence-electron chi connectivity index (χ0n) is 21.9. The average Bonchev–Trinajstić information content (AvgIpc) is 3.22. The van der Waals surface area contributed by atoms with Crippen LogP contribution in [0, 0.1) is 15.6 Å². The predicted molar refractivity (Wildman–Crippen MR) is 156 cm³/mol. The van der Waals surface area contributed by atoms with Crippen molar-refractivity contribution in [2.75, 3.05) is 31.2 Å². The van der Waals surface area contributed by atoms with Crippen LogP contribution in [0.2, 0.25) is 0 Å². The number of unbranched alkanes of at least 4 members (excludes halogenated alkanes) is 1. The summed E-state index contributed by atoms with van der Waals surface area (Å²) in [4.78, 5) is 61.6. The Morgan fingerprint density at radius 3 is 2.44 bits per heavy atom. The van der Waals surface area contributed by atoms with Gasteiger partial charge in [0.05, 0.1) is 16.3 Å². The Morgan fingerprint density at radius 2 is 1.78 bits per heavy atom. The molecular formula is C28H26FN6O5S+. The molecule has 0 radical (unpaired) electrons. The number of amides is 3. The van der Waals surface area contributed by atoms with Crippen LogP contribution in [0.4, 0.5) is 37.6 Å². The van der Waals surface area contributed by atoms with Gasteiger partial charge in [-0.25, -0.2) is 4.39 Å². The smallest absolute Gasteiger partial charge is 0.293 e. The Labute approximate surface area is 238 Å². The van der Waals surface area contributed by atoms with E-state index in [4.69, 9.17) is 5.73 Å². The van der Waals surface area contributed by atoms with Gasteiger partial charge in [-0.05, 0) is 83.9 Å². The van der Waals surface area contributed by atoms with Crippen LogP contribution >= 0.6 is 11.8 Å². The quantitative estimate of drug-likeness (QED) is 0.0845. The number of carbonyl (C=O) groups excluding carboxylic acids is 3. The molecule has 0 spiro atoms. The highest BCUT2D eigenvalue weighted by Crippen LogP contribution is 2.39. The number of nitroso groups, excluding NO2 is 2. The van der Waals surface area contributed by atoms with E-state index in [2.05, 4.69) is 15.8 Å². The van der Waals surface area contributed by atoms with E-state index in [9.17, 15) is 28.6 Å². The van der Waals surface area contributed by atoms with Gasteiger partial charge in [-0.1, -0.05) is 12.1 Å². The van der Waals surface area contributed by atoms with Gasteiger partial charge in [-0.2, -0.15) is 0 Å². The Balaban J connectivity index is 1.24. The molecule has 0 aromatic heterocycles. The fraction of sp³-hybridized carbons (Fsp3) is 0.179. The van der Waals surface area contributed by atoms with Crippen LogP contribution in [0.25, 0.3) is 6.08 Å². The molecule has 0 aliphatic carbocycles. The molecular weight excluding hydrogens is 551 g/mol. The van der Waals surface area contributed by atoms with E-state index >= 15 is 0 Å². The Bertz CT molecular complexity index is 1540. The summed E-state index contributed by atoms with van der Waals surface area (Å²) >= 11 is 0.842. The summed E-state index contributed by atoms with van der Waals surface area (Å²) in [5, 5.41) is 8.34. The molecule has 1 aliphatic heterocycles. The number of nitrogens with two attached hydrogens (primary N) is 1. The Kier molecular flexibility index (Phi) is 9.19. The Hall–Kier alpha value is -4.91. The summed E-state index contributed by atoms with van der Waals surface area (Å²) in [7, 11) is 1.24. The highest BCUT2D eigenvalue weighted by Gasteiger charge is 2.34. The second kappa shape index (κ2) is 13.0. The SMILES string of the molecule is C[N+](=O)c1ccc(Nc2ccc(C(=O)NCCCCN3C(=O)SC(=Cc4ccc(F)cc4)C3=O)cc2)c(N)c1N=O. The molecule has 3 aromatic rings. The van der Waals surface area contributed by atoms with Gasteiger partial charge in [0.1, 0.15) is 5.82 Å². The van der Waals surface area contributed by atoms with Crippen LogP contribution in [0.5, 0.6) is 0 Å². The summed E-state index contributed by atoms with van der Waals surface area (Å²) in [6, 6.07) is 15.2. The molecule has 0 bridgehead atoms. The number of rotatable bonds is 11. The van der Waals surface area contributed by atoms with E-state index < -0.39 is 5.91 Å². The first-order valence-electron chi connectivity index (χ1n) is 12.5. The number of halogens is 1. The zero-order chi connectivity index (χ0) is 29.5. The normalized spacial score (nSPS) is 13.9. The van der Waals surface area contributed by atoms with E-state index in [-0.39, 0.29) is 45.5 Å². The van der Waals surface area contributed by atoms with Crippen LogP contribution in [0.1, 0.15) is 28.8 Å². The minimum atomic E-state index is -0.392. The van der Waals surface area contributed by atoms with Gasteiger partial charge in [0.2, 0.25) is 5.69 Å². The monoisotopic (exact) mass is 577 g/mol. The van der Waals surface area contributed by atoms with Crippen molar-refractivity contribution in [3.63, 3.8) is 0 Å². The van der Waals surface area contributed by atoms with Crippen molar-refractivity contribution in [2.24, 2.45) is 5.18 Å². The van der Waals surface area contributed by atoms with E-state index in [1.807, 2.05) is 0 Å². The third kappa shape index (κ3) is 7.00. The van der Waals surface area contributed by atoms with Crippen molar-refractivity contribution in [3.05, 3.63) is 92.3 Å². The number of anilines is 3. The molecule has 3 aromatic carbocycles. The van der Waals surface area contributed by atoms with Crippen molar-refractivity contribution < 1.29 is 23.5 Å². The molecule has 4 rings (SSSR count). The maximum Gasteiger partial charge on any atom is 0.293 e. The number of carbonyl (C=O) groups is 3. The highest BCUT2D eigenvalue weighted by atomic mass is 32.2. The summed E-state index contributed by atoms with van der Waals surface area (Å²) in [6.45, 7) is 0.567. The summed E-state index contributed by atoms with van der Waals surface area (Å²) < 4.78 is 13.6. The lowest BCUT2D eigenvalue weighted by Gasteiger charge is -2.12. The van der Waals surface area contributed by atoms with E-state index in [1.54, 1.807) is 36.4 Å². The maximum atomic E-state index is 13.1. The van der Waals surface area contributed by atoms with Gasteiger partial charge >= 0.3 is 0 Å². The fourth-order valence-electron chi connectivity index (χ4n) is 4.02. The largest absolute Gasteiger partial charge is 0.395 e. The standard InChI is InChI=1S/C28H25FN6O5S/c1-34(40)22-13-12-21(24(30)25(22)33-39)32-20-10-6-18(7-11-20)26(36)31-14-2-3-15-35-27(37)23(41-28(35)38)16-17-4-8-19(29)9-5-17/h4-13,16H,2-3,14-15H2,1H3,(H3-,30,31,32,33,36,39,40)/p+1. The minimum Gasteiger partial charge on any atom is -0.395 e. The van der Waals surface area contributed by atoms with Gasteiger partial charge in [-0.15, -0.1) is 4.91 Å². The van der Waals surface area contributed by atoms with Crippen LogP contribution in [-0.2, 0) is 4.79 Å². The highest BCUT2D eigenvalue weighted by molar-refractivity contribution is 8.18. The molecule has 13 heteroatoms. The van der Waals surface area contributed by atoms with Gasteiger partial charge < -0.3 is 16.4 Å². The number of benzene rings is 3. The Morgan fingerprint density at radius 1 is 1.07 bits per heavy atom. The zero-order valence-corrected chi connectivity index (χ0v) is 22.7. The molecule has 1 heterocycles. The van der Waals surface area contributed by atoms with Gasteiger partial charge in [0.15, 0.2) is 7.05 Å². The molecule has 1 aliphatic rings. The number of hydrogen-bond donors (Lipinski definition) is 3. The molecule has 1 saturated heterocycles. The van der Waals surface area contributed by atoms with E-state index in [1.165, 1.54) is 42.3 Å². The lowest BCUT2D eigenvalue weighted by Crippen LogP contribution is -2.30. The molecule has 0 saturated carbocycles. The van der Waals surface area contributed by atoms with Crippen LogP contribution in [-0.4, -0.2) is 46.9 Å². The first-order valence-corrected chi connectivity index (χ1v) is 13.3. The minimum absolute atomic E-state index is 0.0260. The van der Waals surface area contributed by atoms with Gasteiger partial charge in [0, 0.05) is 40.1 Å². The third-order valence-electron chi connectivity index (χ3n) is 6.19. The summed E-state index contributed by atoms with van der Waals surface area (Å²) in [5.41, 5.74) is 7.93. The molecule has 41 heavy (non-hydrogen) atoms. The van der Waals surface area contributed by atoms with Crippen LogP contribution in [0.15, 0.2) is 70.7 Å². The number of imide groups is 1. The lowest BCUT2D eigenvalue weighted by atomic mass is 10.1. The van der Waals surface area contributed by atoms with E-state index in [0.717, 1.165) is 11.8 Å². The maximum absolute atomic E-state index is 13.1. The number of hydrogen-bond acceptors (Lipinski definition) is 9. The first-order chi connectivity index (χ1) is 19.7. The molecule has 0 unspecified atom stereocenters. The van der Waals surface area contributed by atoms with Crippen molar-refractivity contribution in [1.29, 1.82) is 0 Å². The lowest BCUT2D eigenvalue weighted by molar-refractivity contribution is -0.427. The molecule has 1 fully saturated rings. The second-order valence-corrected chi connectivity index (χ2v) is 10.0. The van der Waals surface area contributed by atoms with Gasteiger partial charge in [-0.3, -0.25) is 19.3 Å². The molecule has 0 atom stereocenters. The first kappa shape index (κ1) is 29.1. The fourth-order valence-corrected chi connectivity index (χ4v) is 4.88. The number of nitrogens with zero attached hydrogens (tertiary/aromatic N) is 3. The summed E-state index contributed by atoms with van der Waals surface area (Å²) in [6.07, 6.45) is 2.61. The van der Waals surface area contributed by atoms with Crippen molar-refractivity contribution >= 4 is 63.3 Å².